The lowest BCUT2D eigenvalue weighted by molar-refractivity contribution is 0.374. The highest BCUT2D eigenvalue weighted by Crippen LogP contribution is 2.08. The maximum absolute atomic E-state index is 5.59. The SMILES string of the molecule is Cc1cccc(CCc2nc(CCl)no2)c1. The second kappa shape index (κ2) is 5.12. The molecular formula is C12H13ClN2O. The lowest BCUT2D eigenvalue weighted by Gasteiger charge is -1.99. The first-order valence-electron chi connectivity index (χ1n) is 5.21. The Morgan fingerprint density at radius 1 is 1.31 bits per heavy atom. The maximum atomic E-state index is 5.59. The highest BCUT2D eigenvalue weighted by Gasteiger charge is 2.05. The topological polar surface area (TPSA) is 38.9 Å². The Labute approximate surface area is 99.4 Å². The zero-order valence-corrected chi connectivity index (χ0v) is 9.87. The molecule has 0 spiro atoms. The quantitative estimate of drug-likeness (QED) is 0.767. The second-order valence-corrected chi connectivity index (χ2v) is 3.99. The zero-order chi connectivity index (χ0) is 11.4. The van der Waals surface area contributed by atoms with Crippen LogP contribution >= 0.6 is 11.6 Å². The van der Waals surface area contributed by atoms with E-state index in [9.17, 15) is 0 Å². The van der Waals surface area contributed by atoms with Gasteiger partial charge in [0.2, 0.25) is 5.89 Å². The van der Waals surface area contributed by atoms with Crippen molar-refractivity contribution < 1.29 is 4.52 Å². The van der Waals surface area contributed by atoms with Gasteiger partial charge in [0.15, 0.2) is 5.82 Å². The van der Waals surface area contributed by atoms with Crippen molar-refractivity contribution in [2.45, 2.75) is 25.6 Å². The molecule has 2 aromatic rings. The summed E-state index contributed by atoms with van der Waals surface area (Å²) >= 11 is 5.59. The molecule has 3 nitrogen and oxygen atoms in total. The molecule has 4 heteroatoms. The van der Waals surface area contributed by atoms with Gasteiger partial charge in [-0.3, -0.25) is 0 Å². The van der Waals surface area contributed by atoms with Gasteiger partial charge in [-0.05, 0) is 18.9 Å². The summed E-state index contributed by atoms with van der Waals surface area (Å²) in [5.41, 5.74) is 2.55. The average Bonchev–Trinajstić information content (AvgIpc) is 2.74. The molecular weight excluding hydrogens is 224 g/mol. The van der Waals surface area contributed by atoms with Crippen LogP contribution in [0.4, 0.5) is 0 Å². The molecule has 84 valence electrons. The minimum atomic E-state index is 0.300. The van der Waals surface area contributed by atoms with Crippen molar-refractivity contribution in [2.24, 2.45) is 0 Å². The Kier molecular flexibility index (Phi) is 3.57. The Bertz CT molecular complexity index is 468. The first kappa shape index (κ1) is 11.1. The first-order valence-corrected chi connectivity index (χ1v) is 5.74. The van der Waals surface area contributed by atoms with E-state index in [0.717, 1.165) is 12.8 Å². The molecule has 2 rings (SSSR count). The van der Waals surface area contributed by atoms with Crippen LogP contribution < -0.4 is 0 Å². The summed E-state index contributed by atoms with van der Waals surface area (Å²) in [6.07, 6.45) is 1.67. The van der Waals surface area contributed by atoms with Crippen LogP contribution in [0.2, 0.25) is 0 Å². The molecule has 0 radical (unpaired) electrons. The molecule has 0 amide bonds. The Balaban J connectivity index is 1.96. The predicted molar refractivity (Wildman–Crippen MR) is 62.4 cm³/mol. The van der Waals surface area contributed by atoms with Crippen LogP contribution in [0.1, 0.15) is 22.8 Å². The van der Waals surface area contributed by atoms with Crippen molar-refractivity contribution in [1.29, 1.82) is 0 Å². The molecule has 16 heavy (non-hydrogen) atoms. The third-order valence-electron chi connectivity index (χ3n) is 2.34. The van der Waals surface area contributed by atoms with Gasteiger partial charge in [0, 0.05) is 6.42 Å². The summed E-state index contributed by atoms with van der Waals surface area (Å²) in [6.45, 7) is 2.09. The number of halogens is 1. The summed E-state index contributed by atoms with van der Waals surface area (Å²) in [4.78, 5) is 4.16. The third-order valence-corrected chi connectivity index (χ3v) is 2.58. The lowest BCUT2D eigenvalue weighted by atomic mass is 10.1. The van der Waals surface area contributed by atoms with Gasteiger partial charge in [-0.2, -0.15) is 4.98 Å². The number of benzene rings is 1. The van der Waals surface area contributed by atoms with Crippen LogP contribution in [-0.2, 0) is 18.7 Å². The minimum Gasteiger partial charge on any atom is -0.339 e. The van der Waals surface area contributed by atoms with Gasteiger partial charge in [0.25, 0.3) is 0 Å². The van der Waals surface area contributed by atoms with Crippen molar-refractivity contribution in [1.82, 2.24) is 10.1 Å². The largest absolute Gasteiger partial charge is 0.339 e. The van der Waals surface area contributed by atoms with Gasteiger partial charge >= 0.3 is 0 Å². The Hall–Kier alpha value is -1.35. The van der Waals surface area contributed by atoms with E-state index in [4.69, 9.17) is 16.1 Å². The first-order chi connectivity index (χ1) is 7.78. The summed E-state index contributed by atoms with van der Waals surface area (Å²) in [5.74, 6) is 1.51. The van der Waals surface area contributed by atoms with Gasteiger partial charge < -0.3 is 4.52 Å². The molecule has 1 aromatic carbocycles. The summed E-state index contributed by atoms with van der Waals surface area (Å²) in [5, 5.41) is 3.75. The van der Waals surface area contributed by atoms with Crippen LogP contribution in [0.25, 0.3) is 0 Å². The molecule has 0 bridgehead atoms. The van der Waals surface area contributed by atoms with Crippen molar-refractivity contribution in [3.63, 3.8) is 0 Å². The molecule has 0 atom stereocenters. The van der Waals surface area contributed by atoms with E-state index < -0.39 is 0 Å². The standard InChI is InChI=1S/C12H13ClN2O/c1-9-3-2-4-10(7-9)5-6-12-14-11(8-13)15-16-12/h2-4,7H,5-6,8H2,1H3. The zero-order valence-electron chi connectivity index (χ0n) is 9.11. The highest BCUT2D eigenvalue weighted by molar-refractivity contribution is 6.16. The molecule has 0 saturated heterocycles. The number of hydrogen-bond acceptors (Lipinski definition) is 3. The Morgan fingerprint density at radius 2 is 2.19 bits per heavy atom. The minimum absolute atomic E-state index is 0.300. The average molecular weight is 237 g/mol. The highest BCUT2D eigenvalue weighted by atomic mass is 35.5. The molecule has 0 fully saturated rings. The second-order valence-electron chi connectivity index (χ2n) is 3.73. The van der Waals surface area contributed by atoms with E-state index in [1.165, 1.54) is 11.1 Å². The van der Waals surface area contributed by atoms with Crippen LogP contribution in [0, 0.1) is 6.92 Å². The summed E-state index contributed by atoms with van der Waals surface area (Å²) in [6, 6.07) is 8.41. The van der Waals surface area contributed by atoms with Gasteiger partial charge in [0.1, 0.15) is 0 Å². The number of hydrogen-bond donors (Lipinski definition) is 0. The number of aryl methyl sites for hydroxylation is 3. The fourth-order valence-corrected chi connectivity index (χ4v) is 1.67. The molecule has 1 heterocycles. The molecule has 0 N–H and O–H groups in total. The van der Waals surface area contributed by atoms with Crippen LogP contribution in [0.15, 0.2) is 28.8 Å². The molecule has 0 aliphatic rings. The summed E-state index contributed by atoms with van der Waals surface area (Å²) < 4.78 is 5.06. The number of nitrogens with zero attached hydrogens (tertiary/aromatic N) is 2. The van der Waals surface area contributed by atoms with Crippen molar-refractivity contribution in [3.8, 4) is 0 Å². The normalized spacial score (nSPS) is 10.6. The van der Waals surface area contributed by atoms with E-state index in [-0.39, 0.29) is 0 Å². The third kappa shape index (κ3) is 2.83. The fourth-order valence-electron chi connectivity index (χ4n) is 1.56. The van der Waals surface area contributed by atoms with E-state index in [1.54, 1.807) is 0 Å². The molecule has 0 unspecified atom stereocenters. The van der Waals surface area contributed by atoms with Gasteiger partial charge in [0.05, 0.1) is 5.88 Å². The lowest BCUT2D eigenvalue weighted by Crippen LogP contribution is -1.92. The number of aromatic nitrogens is 2. The van der Waals surface area contributed by atoms with Gasteiger partial charge in [-0.15, -0.1) is 11.6 Å². The van der Waals surface area contributed by atoms with E-state index in [0.29, 0.717) is 17.6 Å². The van der Waals surface area contributed by atoms with E-state index in [2.05, 4.69) is 41.3 Å². The molecule has 0 saturated carbocycles. The van der Waals surface area contributed by atoms with E-state index >= 15 is 0 Å². The maximum Gasteiger partial charge on any atom is 0.227 e. The van der Waals surface area contributed by atoms with E-state index in [1.807, 2.05) is 0 Å². The summed E-state index contributed by atoms with van der Waals surface area (Å²) in [7, 11) is 0. The fraction of sp³-hybridized carbons (Fsp3) is 0.333. The number of rotatable bonds is 4. The molecule has 1 aromatic heterocycles. The van der Waals surface area contributed by atoms with Gasteiger partial charge in [-0.1, -0.05) is 35.0 Å². The predicted octanol–water partition coefficient (Wildman–Crippen LogP) is 2.90. The Morgan fingerprint density at radius 3 is 2.88 bits per heavy atom. The smallest absolute Gasteiger partial charge is 0.227 e. The van der Waals surface area contributed by atoms with Gasteiger partial charge in [-0.25, -0.2) is 0 Å². The molecule has 0 aliphatic carbocycles. The van der Waals surface area contributed by atoms with Crippen LogP contribution in [-0.4, -0.2) is 10.1 Å². The van der Waals surface area contributed by atoms with Crippen molar-refractivity contribution in [3.05, 3.63) is 47.1 Å². The van der Waals surface area contributed by atoms with Crippen LogP contribution in [0.5, 0.6) is 0 Å². The number of alkyl halides is 1. The molecule has 0 aliphatic heterocycles. The van der Waals surface area contributed by atoms with Crippen molar-refractivity contribution >= 4 is 11.6 Å². The van der Waals surface area contributed by atoms with Crippen LogP contribution in [0.3, 0.4) is 0 Å². The monoisotopic (exact) mass is 236 g/mol. The van der Waals surface area contributed by atoms with Crippen molar-refractivity contribution in [2.75, 3.05) is 0 Å².